The van der Waals surface area contributed by atoms with E-state index in [4.69, 9.17) is 0 Å². The Labute approximate surface area is 101 Å². The maximum atomic E-state index is 3.59. The van der Waals surface area contributed by atoms with Crippen LogP contribution in [0.4, 0.5) is 0 Å². The molecule has 0 aromatic heterocycles. The molecule has 0 saturated carbocycles. The van der Waals surface area contributed by atoms with Crippen LogP contribution < -0.4 is 5.32 Å². The van der Waals surface area contributed by atoms with Crippen molar-refractivity contribution in [2.45, 2.75) is 33.2 Å². The zero-order chi connectivity index (χ0) is 11.5. The van der Waals surface area contributed by atoms with Gasteiger partial charge in [0.25, 0.3) is 0 Å². The van der Waals surface area contributed by atoms with Crippen LogP contribution in [-0.4, -0.2) is 13.1 Å². The van der Waals surface area contributed by atoms with Gasteiger partial charge in [0.2, 0.25) is 0 Å². The largest absolute Gasteiger partial charge is 0.316 e. The van der Waals surface area contributed by atoms with Crippen LogP contribution in [0.1, 0.15) is 26.3 Å². The molecular weight excluding hydrogens is 250 g/mol. The van der Waals surface area contributed by atoms with E-state index in [1.807, 2.05) is 7.05 Å². The summed E-state index contributed by atoms with van der Waals surface area (Å²) in [6.45, 7) is 6.81. The Morgan fingerprint density at radius 1 is 1.27 bits per heavy atom. The third-order valence-electron chi connectivity index (χ3n) is 2.78. The van der Waals surface area contributed by atoms with Gasteiger partial charge < -0.3 is 5.32 Å². The molecule has 1 atom stereocenters. The Hall–Kier alpha value is -0.340. The van der Waals surface area contributed by atoms with Crippen LogP contribution in [0.2, 0.25) is 0 Å². The predicted octanol–water partition coefficient (Wildman–Crippen LogP) is 3.63. The lowest BCUT2D eigenvalue weighted by atomic mass is 9.83. The fraction of sp³-hybridized carbons (Fsp3) is 0.538. The average Bonchev–Trinajstić information content (AvgIpc) is 2.14. The number of hydrogen-bond acceptors (Lipinski definition) is 1. The van der Waals surface area contributed by atoms with Crippen LogP contribution in [0.25, 0.3) is 0 Å². The van der Waals surface area contributed by atoms with Gasteiger partial charge in [0.05, 0.1) is 0 Å². The molecule has 0 aliphatic heterocycles. The smallest absolute Gasteiger partial charge is 0.0207 e. The van der Waals surface area contributed by atoms with Gasteiger partial charge in [-0.1, -0.05) is 54.9 Å². The molecule has 0 spiro atoms. The van der Waals surface area contributed by atoms with E-state index in [1.54, 1.807) is 0 Å². The molecule has 0 amide bonds. The summed E-state index contributed by atoms with van der Waals surface area (Å²) in [6.07, 6.45) is 1.06. The summed E-state index contributed by atoms with van der Waals surface area (Å²) in [5.41, 5.74) is 1.65. The second kappa shape index (κ2) is 5.13. The highest BCUT2D eigenvalue weighted by atomic mass is 79.9. The first-order chi connectivity index (χ1) is 6.95. The molecule has 0 aliphatic rings. The summed E-state index contributed by atoms with van der Waals surface area (Å²) in [5.74, 6) is 0. The van der Waals surface area contributed by atoms with Crippen molar-refractivity contribution in [3.8, 4) is 0 Å². The lowest BCUT2D eigenvalue weighted by Gasteiger charge is -2.30. The molecule has 0 heterocycles. The molecule has 1 rings (SSSR count). The number of rotatable bonds is 3. The van der Waals surface area contributed by atoms with Crippen LogP contribution in [0, 0.1) is 5.41 Å². The minimum absolute atomic E-state index is 0.282. The number of benzene rings is 1. The molecule has 0 fully saturated rings. The van der Waals surface area contributed by atoms with Gasteiger partial charge in [-0.3, -0.25) is 0 Å². The van der Waals surface area contributed by atoms with E-state index < -0.39 is 0 Å². The van der Waals surface area contributed by atoms with Crippen molar-refractivity contribution >= 4 is 15.9 Å². The van der Waals surface area contributed by atoms with E-state index in [0.717, 1.165) is 6.42 Å². The SMILES string of the molecule is CNC(Cc1ccccc1Br)C(C)(C)C. The Morgan fingerprint density at radius 3 is 2.33 bits per heavy atom. The summed E-state index contributed by atoms with van der Waals surface area (Å²) in [6, 6.07) is 8.93. The summed E-state index contributed by atoms with van der Waals surface area (Å²) in [7, 11) is 2.03. The zero-order valence-corrected chi connectivity index (χ0v) is 11.6. The predicted molar refractivity (Wildman–Crippen MR) is 70.1 cm³/mol. The maximum absolute atomic E-state index is 3.59. The van der Waals surface area contributed by atoms with Gasteiger partial charge in [0.15, 0.2) is 0 Å². The van der Waals surface area contributed by atoms with Crippen LogP contribution in [0.15, 0.2) is 28.7 Å². The molecule has 1 aromatic carbocycles. The van der Waals surface area contributed by atoms with Crippen molar-refractivity contribution in [3.05, 3.63) is 34.3 Å². The van der Waals surface area contributed by atoms with Crippen LogP contribution in [0.3, 0.4) is 0 Å². The third kappa shape index (κ3) is 3.62. The van der Waals surface area contributed by atoms with E-state index in [-0.39, 0.29) is 5.41 Å². The molecule has 0 aliphatic carbocycles. The van der Waals surface area contributed by atoms with Gasteiger partial charge in [0, 0.05) is 10.5 Å². The zero-order valence-electron chi connectivity index (χ0n) is 9.97. The number of hydrogen-bond donors (Lipinski definition) is 1. The van der Waals surface area contributed by atoms with Crippen molar-refractivity contribution in [2.24, 2.45) is 5.41 Å². The quantitative estimate of drug-likeness (QED) is 0.884. The highest BCUT2D eigenvalue weighted by Crippen LogP contribution is 2.25. The Morgan fingerprint density at radius 2 is 1.87 bits per heavy atom. The van der Waals surface area contributed by atoms with Crippen molar-refractivity contribution in [3.63, 3.8) is 0 Å². The van der Waals surface area contributed by atoms with Crippen molar-refractivity contribution in [1.29, 1.82) is 0 Å². The van der Waals surface area contributed by atoms with Gasteiger partial charge in [-0.2, -0.15) is 0 Å². The standard InChI is InChI=1S/C13H20BrN/c1-13(2,3)12(15-4)9-10-7-5-6-8-11(10)14/h5-8,12,15H,9H2,1-4H3. The first-order valence-electron chi connectivity index (χ1n) is 5.36. The Kier molecular flexibility index (Phi) is 4.35. The normalized spacial score (nSPS) is 13.9. The second-order valence-electron chi connectivity index (χ2n) is 5.00. The first kappa shape index (κ1) is 12.7. The Bertz CT molecular complexity index is 315. The van der Waals surface area contributed by atoms with Crippen molar-refractivity contribution < 1.29 is 0 Å². The molecule has 1 N–H and O–H groups in total. The van der Waals surface area contributed by atoms with E-state index in [1.165, 1.54) is 10.0 Å². The maximum Gasteiger partial charge on any atom is 0.0207 e. The molecule has 2 heteroatoms. The lowest BCUT2D eigenvalue weighted by Crippen LogP contribution is -2.39. The molecule has 84 valence electrons. The van der Waals surface area contributed by atoms with Gasteiger partial charge in [0.1, 0.15) is 0 Å². The topological polar surface area (TPSA) is 12.0 Å². The Balaban J connectivity index is 2.80. The third-order valence-corrected chi connectivity index (χ3v) is 3.55. The molecule has 1 unspecified atom stereocenters. The molecule has 0 bridgehead atoms. The lowest BCUT2D eigenvalue weighted by molar-refractivity contribution is 0.279. The average molecular weight is 270 g/mol. The van der Waals surface area contributed by atoms with E-state index in [2.05, 4.69) is 66.3 Å². The van der Waals surface area contributed by atoms with Crippen LogP contribution in [-0.2, 0) is 6.42 Å². The number of nitrogens with one attached hydrogen (secondary N) is 1. The first-order valence-corrected chi connectivity index (χ1v) is 6.15. The highest BCUT2D eigenvalue weighted by molar-refractivity contribution is 9.10. The van der Waals surface area contributed by atoms with Gasteiger partial charge >= 0.3 is 0 Å². The summed E-state index contributed by atoms with van der Waals surface area (Å²) in [4.78, 5) is 0. The molecule has 0 saturated heterocycles. The van der Waals surface area contributed by atoms with E-state index in [9.17, 15) is 0 Å². The minimum atomic E-state index is 0.282. The molecule has 1 nitrogen and oxygen atoms in total. The van der Waals surface area contributed by atoms with Gasteiger partial charge in [-0.15, -0.1) is 0 Å². The van der Waals surface area contributed by atoms with Gasteiger partial charge in [-0.05, 0) is 30.5 Å². The second-order valence-corrected chi connectivity index (χ2v) is 5.86. The summed E-state index contributed by atoms with van der Waals surface area (Å²) >= 11 is 3.59. The van der Waals surface area contributed by atoms with Gasteiger partial charge in [-0.25, -0.2) is 0 Å². The molecule has 1 aromatic rings. The van der Waals surface area contributed by atoms with Crippen molar-refractivity contribution in [1.82, 2.24) is 5.32 Å². The van der Waals surface area contributed by atoms with Crippen molar-refractivity contribution in [2.75, 3.05) is 7.05 Å². The minimum Gasteiger partial charge on any atom is -0.316 e. The number of likely N-dealkylation sites (N-methyl/N-ethyl adjacent to an activating group) is 1. The molecular formula is C13H20BrN. The molecule has 0 radical (unpaired) electrons. The van der Waals surface area contributed by atoms with E-state index >= 15 is 0 Å². The van der Waals surface area contributed by atoms with Crippen LogP contribution >= 0.6 is 15.9 Å². The summed E-state index contributed by atoms with van der Waals surface area (Å²) in [5, 5.41) is 3.40. The fourth-order valence-corrected chi connectivity index (χ4v) is 2.17. The number of halogens is 1. The monoisotopic (exact) mass is 269 g/mol. The van der Waals surface area contributed by atoms with Crippen LogP contribution in [0.5, 0.6) is 0 Å². The molecule has 15 heavy (non-hydrogen) atoms. The fourth-order valence-electron chi connectivity index (χ4n) is 1.73. The summed E-state index contributed by atoms with van der Waals surface area (Å²) < 4.78 is 1.20. The highest BCUT2D eigenvalue weighted by Gasteiger charge is 2.23. The van der Waals surface area contributed by atoms with E-state index in [0.29, 0.717) is 6.04 Å².